The van der Waals surface area contributed by atoms with Crippen molar-refractivity contribution in [2.24, 2.45) is 0 Å². The number of rotatable bonds is 2. The van der Waals surface area contributed by atoms with Crippen LogP contribution in [-0.2, 0) is 17.8 Å². The van der Waals surface area contributed by atoms with Gasteiger partial charge in [0.15, 0.2) is 0 Å². The highest BCUT2D eigenvalue weighted by atomic mass is 16.5. The van der Waals surface area contributed by atoms with Crippen molar-refractivity contribution < 1.29 is 4.74 Å². The highest BCUT2D eigenvalue weighted by molar-refractivity contribution is 5.31. The zero-order valence-corrected chi connectivity index (χ0v) is 11.2. The molecule has 1 aromatic heterocycles. The molecule has 2 aliphatic heterocycles. The van der Waals surface area contributed by atoms with Crippen molar-refractivity contribution in [2.45, 2.75) is 51.6 Å². The molecule has 18 heavy (non-hydrogen) atoms. The maximum Gasteiger partial charge on any atom is 0.134 e. The predicted octanol–water partition coefficient (Wildman–Crippen LogP) is 2.10. The van der Waals surface area contributed by atoms with E-state index < -0.39 is 0 Å². The van der Waals surface area contributed by atoms with E-state index in [2.05, 4.69) is 19.2 Å². The maximum absolute atomic E-state index is 5.56. The Hall–Kier alpha value is -1.00. The summed E-state index contributed by atoms with van der Waals surface area (Å²) in [5.74, 6) is 1.85. The van der Waals surface area contributed by atoms with E-state index in [1.807, 2.05) is 0 Å². The van der Waals surface area contributed by atoms with Crippen LogP contribution in [0.15, 0.2) is 0 Å². The number of hydrogen-bond acceptors (Lipinski definition) is 4. The lowest BCUT2D eigenvalue weighted by molar-refractivity contribution is 0.0779. The zero-order chi connectivity index (χ0) is 12.5. The van der Waals surface area contributed by atoms with Crippen molar-refractivity contribution >= 4 is 0 Å². The quantitative estimate of drug-likeness (QED) is 0.869. The molecule has 2 aliphatic rings. The molecule has 1 unspecified atom stereocenters. The van der Waals surface area contributed by atoms with Gasteiger partial charge in [0.1, 0.15) is 5.82 Å². The molecule has 3 heterocycles. The summed E-state index contributed by atoms with van der Waals surface area (Å²) >= 11 is 0. The van der Waals surface area contributed by atoms with E-state index in [0.29, 0.717) is 11.8 Å². The van der Waals surface area contributed by atoms with Gasteiger partial charge in [-0.1, -0.05) is 13.8 Å². The summed E-state index contributed by atoms with van der Waals surface area (Å²) in [7, 11) is 0. The molecule has 0 aromatic carbocycles. The summed E-state index contributed by atoms with van der Waals surface area (Å²) in [6.45, 7) is 7.90. The van der Waals surface area contributed by atoms with Crippen LogP contribution in [0.25, 0.3) is 0 Å². The molecule has 1 atom stereocenters. The van der Waals surface area contributed by atoms with Gasteiger partial charge in [0.2, 0.25) is 0 Å². The summed E-state index contributed by atoms with van der Waals surface area (Å²) in [4.78, 5) is 9.60. The summed E-state index contributed by atoms with van der Waals surface area (Å²) in [5.41, 5.74) is 3.75. The molecule has 1 fully saturated rings. The Kier molecular flexibility index (Phi) is 3.31. The van der Waals surface area contributed by atoms with Gasteiger partial charge in [-0.3, -0.25) is 0 Å². The number of aromatic nitrogens is 2. The highest BCUT2D eigenvalue weighted by Gasteiger charge is 2.25. The van der Waals surface area contributed by atoms with E-state index in [4.69, 9.17) is 14.7 Å². The Bertz CT molecular complexity index is 439. The molecular formula is C14H21N3O. The first kappa shape index (κ1) is 12.1. The summed E-state index contributed by atoms with van der Waals surface area (Å²) in [6.07, 6.45) is 2.28. The lowest BCUT2D eigenvalue weighted by Crippen LogP contribution is -2.19. The molecule has 1 saturated heterocycles. The van der Waals surface area contributed by atoms with Crippen molar-refractivity contribution in [3.8, 4) is 0 Å². The van der Waals surface area contributed by atoms with Crippen molar-refractivity contribution in [3.63, 3.8) is 0 Å². The van der Waals surface area contributed by atoms with Crippen LogP contribution in [0.1, 0.15) is 61.3 Å². The van der Waals surface area contributed by atoms with E-state index in [1.54, 1.807) is 0 Å². The van der Waals surface area contributed by atoms with E-state index >= 15 is 0 Å². The van der Waals surface area contributed by atoms with Crippen molar-refractivity contribution in [2.75, 3.05) is 13.2 Å². The van der Waals surface area contributed by atoms with Crippen LogP contribution in [-0.4, -0.2) is 23.2 Å². The van der Waals surface area contributed by atoms with Gasteiger partial charge in [0.25, 0.3) is 0 Å². The van der Waals surface area contributed by atoms with Gasteiger partial charge < -0.3 is 10.1 Å². The fourth-order valence-corrected chi connectivity index (χ4v) is 2.82. The van der Waals surface area contributed by atoms with E-state index in [-0.39, 0.29) is 0 Å². The second kappa shape index (κ2) is 4.94. The first-order chi connectivity index (χ1) is 8.75. The van der Waals surface area contributed by atoms with Crippen LogP contribution in [0.5, 0.6) is 0 Å². The number of nitrogens with one attached hydrogen (secondary N) is 1. The first-order valence-electron chi connectivity index (χ1n) is 6.93. The molecule has 0 bridgehead atoms. The minimum Gasteiger partial charge on any atom is -0.381 e. The lowest BCUT2D eigenvalue weighted by atomic mass is 9.99. The van der Waals surface area contributed by atoms with Gasteiger partial charge in [0.05, 0.1) is 18.0 Å². The molecular weight excluding hydrogens is 226 g/mol. The van der Waals surface area contributed by atoms with Crippen LogP contribution in [0, 0.1) is 0 Å². The van der Waals surface area contributed by atoms with Crippen LogP contribution in [0.4, 0.5) is 0 Å². The molecule has 4 heteroatoms. The number of ether oxygens (including phenoxy) is 1. The highest BCUT2D eigenvalue weighted by Crippen LogP contribution is 2.28. The van der Waals surface area contributed by atoms with E-state index in [0.717, 1.165) is 45.0 Å². The van der Waals surface area contributed by atoms with Crippen molar-refractivity contribution in [1.29, 1.82) is 0 Å². The summed E-state index contributed by atoms with van der Waals surface area (Å²) in [5, 5.41) is 3.38. The molecule has 0 spiro atoms. The third-order valence-corrected chi connectivity index (χ3v) is 3.81. The van der Waals surface area contributed by atoms with Crippen molar-refractivity contribution in [1.82, 2.24) is 15.3 Å². The fraction of sp³-hybridized carbons (Fsp3) is 0.714. The molecule has 0 saturated carbocycles. The van der Waals surface area contributed by atoms with Gasteiger partial charge in [-0.15, -0.1) is 0 Å². The topological polar surface area (TPSA) is 47.0 Å². The Morgan fingerprint density at radius 1 is 1.28 bits per heavy atom. The van der Waals surface area contributed by atoms with Gasteiger partial charge >= 0.3 is 0 Å². The second-order valence-corrected chi connectivity index (χ2v) is 5.56. The normalized spacial score (nSPS) is 23.4. The Morgan fingerprint density at radius 3 is 2.89 bits per heavy atom. The summed E-state index contributed by atoms with van der Waals surface area (Å²) in [6, 6.07) is 0. The minimum atomic E-state index is 0.391. The lowest BCUT2D eigenvalue weighted by Gasteiger charge is -2.22. The van der Waals surface area contributed by atoms with E-state index in [9.17, 15) is 0 Å². The smallest absolute Gasteiger partial charge is 0.134 e. The minimum absolute atomic E-state index is 0.391. The second-order valence-electron chi connectivity index (χ2n) is 5.56. The zero-order valence-electron chi connectivity index (χ0n) is 11.2. The average molecular weight is 247 g/mol. The van der Waals surface area contributed by atoms with Crippen molar-refractivity contribution in [3.05, 3.63) is 22.8 Å². The standard InChI is InChI=1S/C14H21N3O/c1-9(2)13-11-6-15-7-12(11)16-14(17-13)10-4-3-5-18-8-10/h9-10,15H,3-8H2,1-2H3. The Balaban J connectivity index is 1.97. The van der Waals surface area contributed by atoms with Crippen LogP contribution >= 0.6 is 0 Å². The molecule has 1 aromatic rings. The molecule has 1 N–H and O–H groups in total. The predicted molar refractivity (Wildman–Crippen MR) is 69.5 cm³/mol. The molecule has 4 nitrogen and oxygen atoms in total. The first-order valence-corrected chi connectivity index (χ1v) is 6.93. The van der Waals surface area contributed by atoms with Gasteiger partial charge in [0, 0.05) is 31.2 Å². The largest absolute Gasteiger partial charge is 0.381 e. The third-order valence-electron chi connectivity index (χ3n) is 3.81. The number of nitrogens with zero attached hydrogens (tertiary/aromatic N) is 2. The monoisotopic (exact) mass is 247 g/mol. The molecule has 0 amide bonds. The maximum atomic E-state index is 5.56. The molecule has 0 aliphatic carbocycles. The Morgan fingerprint density at radius 2 is 2.17 bits per heavy atom. The molecule has 98 valence electrons. The summed E-state index contributed by atoms with van der Waals surface area (Å²) < 4.78 is 5.56. The van der Waals surface area contributed by atoms with Gasteiger partial charge in [-0.2, -0.15) is 0 Å². The molecule has 3 rings (SSSR count). The van der Waals surface area contributed by atoms with E-state index in [1.165, 1.54) is 17.0 Å². The SMILES string of the molecule is CC(C)c1nc(C2CCCOC2)nc2c1CNC2. The number of hydrogen-bond donors (Lipinski definition) is 1. The van der Waals surface area contributed by atoms with Gasteiger partial charge in [-0.05, 0) is 18.8 Å². The Labute approximate surface area is 108 Å². The number of fused-ring (bicyclic) bond motifs is 1. The van der Waals surface area contributed by atoms with Crippen LogP contribution in [0.2, 0.25) is 0 Å². The van der Waals surface area contributed by atoms with Crippen LogP contribution < -0.4 is 5.32 Å². The third kappa shape index (κ3) is 2.15. The van der Waals surface area contributed by atoms with Crippen LogP contribution in [0.3, 0.4) is 0 Å². The fourth-order valence-electron chi connectivity index (χ4n) is 2.82. The average Bonchev–Trinajstić information content (AvgIpc) is 2.86. The molecule has 0 radical (unpaired) electrons. The van der Waals surface area contributed by atoms with Gasteiger partial charge in [-0.25, -0.2) is 9.97 Å².